The third-order valence-corrected chi connectivity index (χ3v) is 3.68. The molecule has 1 atom stereocenters. The summed E-state index contributed by atoms with van der Waals surface area (Å²) in [6.45, 7) is 3.84. The molecule has 0 heterocycles. The molecule has 2 rings (SSSR count). The Hall–Kier alpha value is -2.20. The maximum Gasteiger partial charge on any atom is 0.272 e. The Morgan fingerprint density at radius 3 is 2.52 bits per heavy atom. The van der Waals surface area contributed by atoms with Crippen LogP contribution in [0.5, 0.6) is 0 Å². The Balaban J connectivity index is 2.11. The molecule has 110 valence electrons. The average molecular weight is 284 g/mol. The number of nitro benzene ring substituents is 1. The average Bonchev–Trinajstić information content (AvgIpc) is 2.40. The smallest absolute Gasteiger partial charge is 0.272 e. The van der Waals surface area contributed by atoms with Crippen LogP contribution in [-0.2, 0) is 12.8 Å². The number of hydrogen-bond donors (Lipinski definition) is 1. The summed E-state index contributed by atoms with van der Waals surface area (Å²) in [6.07, 6.45) is 1.41. The molecule has 0 amide bonds. The van der Waals surface area contributed by atoms with Crippen LogP contribution < -0.4 is 5.73 Å². The molecule has 0 bridgehead atoms. The van der Waals surface area contributed by atoms with Gasteiger partial charge in [0.15, 0.2) is 0 Å². The van der Waals surface area contributed by atoms with E-state index in [0.29, 0.717) is 12.0 Å². The zero-order chi connectivity index (χ0) is 15.4. The van der Waals surface area contributed by atoms with Gasteiger partial charge in [0.2, 0.25) is 0 Å². The van der Waals surface area contributed by atoms with Gasteiger partial charge < -0.3 is 5.73 Å². The minimum Gasteiger partial charge on any atom is -0.327 e. The zero-order valence-electron chi connectivity index (χ0n) is 12.4. The molecule has 2 N–H and O–H groups in total. The van der Waals surface area contributed by atoms with Crippen molar-refractivity contribution >= 4 is 5.69 Å². The first-order valence-electron chi connectivity index (χ1n) is 7.01. The van der Waals surface area contributed by atoms with Crippen LogP contribution in [0.2, 0.25) is 0 Å². The summed E-state index contributed by atoms with van der Waals surface area (Å²) in [5.41, 5.74) is 10.4. The number of nitro groups is 1. The van der Waals surface area contributed by atoms with Gasteiger partial charge in [-0.3, -0.25) is 10.1 Å². The molecular formula is C17H20N2O2. The van der Waals surface area contributed by atoms with Crippen LogP contribution in [0.15, 0.2) is 42.5 Å². The summed E-state index contributed by atoms with van der Waals surface area (Å²) in [5, 5.41) is 11.0. The predicted octanol–water partition coefficient (Wildman–Crippen LogP) is 3.32. The van der Waals surface area contributed by atoms with Gasteiger partial charge in [0, 0.05) is 17.7 Å². The van der Waals surface area contributed by atoms with E-state index < -0.39 is 0 Å². The van der Waals surface area contributed by atoms with Gasteiger partial charge in [-0.2, -0.15) is 0 Å². The molecule has 0 radical (unpaired) electrons. The number of nitrogens with zero attached hydrogens (tertiary/aromatic N) is 1. The van der Waals surface area contributed by atoms with Gasteiger partial charge in [-0.15, -0.1) is 0 Å². The zero-order valence-corrected chi connectivity index (χ0v) is 12.4. The van der Waals surface area contributed by atoms with E-state index in [1.54, 1.807) is 13.0 Å². The lowest BCUT2D eigenvalue weighted by Crippen LogP contribution is -2.26. The van der Waals surface area contributed by atoms with Gasteiger partial charge in [-0.1, -0.05) is 42.0 Å². The van der Waals surface area contributed by atoms with E-state index >= 15 is 0 Å². The molecule has 0 fully saturated rings. The van der Waals surface area contributed by atoms with Gasteiger partial charge >= 0.3 is 0 Å². The quantitative estimate of drug-likeness (QED) is 0.676. The molecular weight excluding hydrogens is 264 g/mol. The third-order valence-electron chi connectivity index (χ3n) is 3.68. The number of rotatable bonds is 5. The summed E-state index contributed by atoms with van der Waals surface area (Å²) >= 11 is 0. The van der Waals surface area contributed by atoms with Gasteiger partial charge in [0.1, 0.15) is 0 Å². The fourth-order valence-corrected chi connectivity index (χ4v) is 2.59. The van der Waals surface area contributed by atoms with Gasteiger partial charge in [-0.25, -0.2) is 0 Å². The molecule has 1 unspecified atom stereocenters. The van der Waals surface area contributed by atoms with Crippen LogP contribution in [0.1, 0.15) is 22.3 Å². The van der Waals surface area contributed by atoms with Crippen molar-refractivity contribution in [3.05, 3.63) is 74.8 Å². The molecule has 0 aliphatic carbocycles. The molecule has 4 heteroatoms. The van der Waals surface area contributed by atoms with E-state index in [1.807, 2.05) is 12.1 Å². The molecule has 4 nitrogen and oxygen atoms in total. The molecule has 0 aliphatic heterocycles. The van der Waals surface area contributed by atoms with E-state index in [-0.39, 0.29) is 16.7 Å². The highest BCUT2D eigenvalue weighted by molar-refractivity contribution is 5.44. The first-order chi connectivity index (χ1) is 9.97. The van der Waals surface area contributed by atoms with Crippen LogP contribution in [0.3, 0.4) is 0 Å². The van der Waals surface area contributed by atoms with E-state index in [1.165, 1.54) is 17.2 Å². The van der Waals surface area contributed by atoms with Crippen molar-refractivity contribution in [2.24, 2.45) is 5.73 Å². The van der Waals surface area contributed by atoms with Gasteiger partial charge in [-0.05, 0) is 37.8 Å². The van der Waals surface area contributed by atoms with Crippen LogP contribution >= 0.6 is 0 Å². The van der Waals surface area contributed by atoms with Crippen LogP contribution in [-0.4, -0.2) is 11.0 Å². The van der Waals surface area contributed by atoms with E-state index in [9.17, 15) is 10.1 Å². The first-order valence-corrected chi connectivity index (χ1v) is 7.01. The van der Waals surface area contributed by atoms with E-state index in [0.717, 1.165) is 12.0 Å². The molecule has 0 aliphatic rings. The summed E-state index contributed by atoms with van der Waals surface area (Å²) in [6, 6.07) is 13.4. The minimum atomic E-state index is -0.342. The summed E-state index contributed by atoms with van der Waals surface area (Å²) in [7, 11) is 0. The van der Waals surface area contributed by atoms with Crippen molar-refractivity contribution in [1.29, 1.82) is 0 Å². The van der Waals surface area contributed by atoms with Crippen molar-refractivity contribution < 1.29 is 4.92 Å². The molecule has 0 aromatic heterocycles. The number of aryl methyl sites for hydroxylation is 1. The van der Waals surface area contributed by atoms with E-state index in [2.05, 4.69) is 25.1 Å². The van der Waals surface area contributed by atoms with Crippen molar-refractivity contribution in [1.82, 2.24) is 0 Å². The topological polar surface area (TPSA) is 69.2 Å². The summed E-state index contributed by atoms with van der Waals surface area (Å²) in [5.74, 6) is 0. The third kappa shape index (κ3) is 3.89. The van der Waals surface area contributed by atoms with Crippen LogP contribution in [0, 0.1) is 24.0 Å². The molecule has 21 heavy (non-hydrogen) atoms. The maximum absolute atomic E-state index is 11.0. The highest BCUT2D eigenvalue weighted by atomic mass is 16.6. The minimum absolute atomic E-state index is 0.0486. The predicted molar refractivity (Wildman–Crippen MR) is 84.4 cm³/mol. The molecule has 0 saturated carbocycles. The normalized spacial score (nSPS) is 12.1. The lowest BCUT2D eigenvalue weighted by molar-refractivity contribution is -0.385. The fraction of sp³-hybridized carbons (Fsp3) is 0.294. The SMILES string of the molecule is Cc1cccc(CC(N)Cc2cccc([N+](=O)[O-])c2C)c1. The monoisotopic (exact) mass is 284 g/mol. The Labute approximate surface area is 124 Å². The number of hydrogen-bond acceptors (Lipinski definition) is 3. The van der Waals surface area contributed by atoms with Crippen LogP contribution in [0.4, 0.5) is 5.69 Å². The second kappa shape index (κ2) is 6.50. The second-order valence-electron chi connectivity index (χ2n) is 5.48. The second-order valence-corrected chi connectivity index (χ2v) is 5.48. The van der Waals surface area contributed by atoms with Crippen molar-refractivity contribution in [3.8, 4) is 0 Å². The van der Waals surface area contributed by atoms with Gasteiger partial charge in [0.05, 0.1) is 4.92 Å². The van der Waals surface area contributed by atoms with Crippen molar-refractivity contribution in [2.45, 2.75) is 32.7 Å². The summed E-state index contributed by atoms with van der Waals surface area (Å²) < 4.78 is 0. The largest absolute Gasteiger partial charge is 0.327 e. The molecule has 0 saturated heterocycles. The highest BCUT2D eigenvalue weighted by Gasteiger charge is 2.15. The molecule has 2 aromatic carbocycles. The van der Waals surface area contributed by atoms with Crippen LogP contribution in [0.25, 0.3) is 0 Å². The lowest BCUT2D eigenvalue weighted by atomic mass is 9.96. The van der Waals surface area contributed by atoms with Crippen molar-refractivity contribution in [2.75, 3.05) is 0 Å². The Kier molecular flexibility index (Phi) is 4.70. The molecule has 0 spiro atoms. The number of nitrogens with two attached hydrogens (primary N) is 1. The van der Waals surface area contributed by atoms with Gasteiger partial charge in [0.25, 0.3) is 5.69 Å². The lowest BCUT2D eigenvalue weighted by Gasteiger charge is -2.14. The number of benzene rings is 2. The summed E-state index contributed by atoms with van der Waals surface area (Å²) in [4.78, 5) is 10.6. The fourth-order valence-electron chi connectivity index (χ4n) is 2.59. The Morgan fingerprint density at radius 2 is 1.86 bits per heavy atom. The maximum atomic E-state index is 11.0. The van der Waals surface area contributed by atoms with Crippen molar-refractivity contribution in [3.63, 3.8) is 0 Å². The van der Waals surface area contributed by atoms with E-state index in [4.69, 9.17) is 5.73 Å². The highest BCUT2D eigenvalue weighted by Crippen LogP contribution is 2.22. The first kappa shape index (κ1) is 15.2. The standard InChI is InChI=1S/C17H20N2O2/c1-12-5-3-6-14(9-12)10-16(18)11-15-7-4-8-17(13(15)2)19(20)21/h3-9,16H,10-11,18H2,1-2H3. The Bertz CT molecular complexity index is 653. The molecule has 2 aromatic rings. The Morgan fingerprint density at radius 1 is 1.14 bits per heavy atom.